The van der Waals surface area contributed by atoms with Crippen LogP contribution in [-0.2, 0) is 4.79 Å². The lowest BCUT2D eigenvalue weighted by atomic mass is 10.1. The number of carbonyl (C=O) groups is 2. The van der Waals surface area contributed by atoms with E-state index in [1.165, 1.54) is 17.0 Å². The van der Waals surface area contributed by atoms with E-state index in [0.717, 1.165) is 6.42 Å². The Hall–Kier alpha value is -1.13. The molecule has 96 valence electrons. The van der Waals surface area contributed by atoms with Crippen molar-refractivity contribution >= 4 is 35.0 Å². The number of imide groups is 1. The van der Waals surface area contributed by atoms with Crippen molar-refractivity contribution in [2.45, 2.75) is 19.8 Å². The number of nitrogens with zero attached hydrogens (tertiary/aromatic N) is 2. The number of halogens is 2. The highest BCUT2D eigenvalue weighted by molar-refractivity contribution is 6.35. The van der Waals surface area contributed by atoms with Gasteiger partial charge in [-0.1, -0.05) is 36.5 Å². The van der Waals surface area contributed by atoms with E-state index in [9.17, 15) is 9.59 Å². The topological polar surface area (TPSA) is 50.3 Å². The fraction of sp³-hybridized carbons (Fsp3) is 0.417. The fourth-order valence-corrected chi connectivity index (χ4v) is 2.28. The minimum absolute atomic E-state index is 0.0364. The van der Waals surface area contributed by atoms with E-state index in [-0.39, 0.29) is 27.7 Å². The normalized spacial score (nSPS) is 19.4. The van der Waals surface area contributed by atoms with Crippen LogP contribution in [0.15, 0.2) is 12.1 Å². The third kappa shape index (κ3) is 2.49. The summed E-state index contributed by atoms with van der Waals surface area (Å²) in [6.07, 6.45) is 1.27. The lowest BCUT2D eigenvalue weighted by Crippen LogP contribution is -2.33. The van der Waals surface area contributed by atoms with Crippen LogP contribution in [0, 0.1) is 5.92 Å². The van der Waals surface area contributed by atoms with Gasteiger partial charge in [0, 0.05) is 13.0 Å². The van der Waals surface area contributed by atoms with Crippen LogP contribution in [-0.4, -0.2) is 28.2 Å². The summed E-state index contributed by atoms with van der Waals surface area (Å²) in [5.74, 6) is -0.424. The zero-order valence-electron chi connectivity index (χ0n) is 9.82. The lowest BCUT2D eigenvalue weighted by molar-refractivity contribution is -0.125. The minimum atomic E-state index is -0.469. The van der Waals surface area contributed by atoms with Crippen molar-refractivity contribution < 1.29 is 9.59 Å². The largest absolute Gasteiger partial charge is 0.280 e. The molecule has 0 radical (unpaired) electrons. The summed E-state index contributed by atoms with van der Waals surface area (Å²) in [5.41, 5.74) is 0.0364. The van der Waals surface area contributed by atoms with Gasteiger partial charge in [0.25, 0.3) is 5.91 Å². The summed E-state index contributed by atoms with van der Waals surface area (Å²) in [7, 11) is 0. The summed E-state index contributed by atoms with van der Waals surface area (Å²) in [6.45, 7) is 2.43. The van der Waals surface area contributed by atoms with Gasteiger partial charge in [-0.2, -0.15) is 0 Å². The first-order valence-electron chi connectivity index (χ1n) is 5.69. The van der Waals surface area contributed by atoms with Crippen LogP contribution in [0.25, 0.3) is 0 Å². The predicted molar refractivity (Wildman–Crippen MR) is 68.7 cm³/mol. The highest BCUT2D eigenvalue weighted by atomic mass is 35.5. The van der Waals surface area contributed by atoms with Crippen LogP contribution >= 0.6 is 23.2 Å². The highest BCUT2D eigenvalue weighted by Gasteiger charge is 2.34. The summed E-state index contributed by atoms with van der Waals surface area (Å²) in [4.78, 5) is 29.0. The third-order valence-corrected chi connectivity index (χ3v) is 3.56. The molecule has 1 aliphatic rings. The molecular formula is C12H12Cl2N2O2. The van der Waals surface area contributed by atoms with Crippen LogP contribution < -0.4 is 0 Å². The van der Waals surface area contributed by atoms with Crippen LogP contribution in [0.3, 0.4) is 0 Å². The molecule has 0 saturated carbocycles. The van der Waals surface area contributed by atoms with Crippen LogP contribution in [0.1, 0.15) is 30.3 Å². The smallest absolute Gasteiger partial charge is 0.277 e. The molecule has 1 saturated heterocycles. The molecule has 0 N–H and O–H groups in total. The first kappa shape index (κ1) is 13.3. The fourth-order valence-electron chi connectivity index (χ4n) is 1.95. The molecule has 1 atom stereocenters. The number of hydrogen-bond donors (Lipinski definition) is 0. The molecule has 0 spiro atoms. The van der Waals surface area contributed by atoms with Crippen LogP contribution in [0.2, 0.25) is 10.2 Å². The van der Waals surface area contributed by atoms with Gasteiger partial charge < -0.3 is 0 Å². The maximum atomic E-state index is 12.2. The molecule has 1 aromatic rings. The second-order valence-electron chi connectivity index (χ2n) is 4.25. The van der Waals surface area contributed by atoms with Gasteiger partial charge in [0.05, 0.1) is 5.02 Å². The van der Waals surface area contributed by atoms with E-state index in [1.54, 1.807) is 0 Å². The van der Waals surface area contributed by atoms with Crippen molar-refractivity contribution in [3.63, 3.8) is 0 Å². The molecule has 0 aliphatic carbocycles. The number of aromatic nitrogens is 1. The molecular weight excluding hydrogens is 275 g/mol. The van der Waals surface area contributed by atoms with Crippen molar-refractivity contribution in [3.05, 3.63) is 28.0 Å². The zero-order valence-corrected chi connectivity index (χ0v) is 11.3. The Kier molecular flexibility index (Phi) is 3.88. The number of pyridine rings is 1. The van der Waals surface area contributed by atoms with E-state index in [0.29, 0.717) is 13.0 Å². The first-order valence-corrected chi connectivity index (χ1v) is 6.45. The molecule has 18 heavy (non-hydrogen) atoms. The molecule has 2 heterocycles. The second kappa shape index (κ2) is 5.24. The molecule has 6 heteroatoms. The lowest BCUT2D eigenvalue weighted by Gasteiger charge is -2.14. The number of likely N-dealkylation sites (tertiary alicyclic amines) is 1. The van der Waals surface area contributed by atoms with Crippen LogP contribution in [0.4, 0.5) is 0 Å². The van der Waals surface area contributed by atoms with E-state index in [1.807, 2.05) is 6.92 Å². The molecule has 1 aliphatic heterocycles. The predicted octanol–water partition coefficient (Wildman–Crippen LogP) is 2.79. The monoisotopic (exact) mass is 286 g/mol. The Morgan fingerprint density at radius 1 is 1.50 bits per heavy atom. The number of rotatable bonds is 2. The SMILES string of the molecule is CCC1CC(=O)N(C(=O)c2nc(Cl)ccc2Cl)C1. The van der Waals surface area contributed by atoms with Crippen LogP contribution in [0.5, 0.6) is 0 Å². The van der Waals surface area contributed by atoms with Gasteiger partial charge in [-0.15, -0.1) is 0 Å². The molecule has 1 fully saturated rings. The maximum absolute atomic E-state index is 12.2. The van der Waals surface area contributed by atoms with Gasteiger partial charge >= 0.3 is 0 Å². The number of carbonyl (C=O) groups excluding carboxylic acids is 2. The Bertz CT molecular complexity index is 505. The van der Waals surface area contributed by atoms with E-state index >= 15 is 0 Å². The average Bonchev–Trinajstić information content (AvgIpc) is 2.73. The highest BCUT2D eigenvalue weighted by Crippen LogP contribution is 2.25. The molecule has 1 aromatic heterocycles. The number of hydrogen-bond acceptors (Lipinski definition) is 3. The van der Waals surface area contributed by atoms with E-state index < -0.39 is 5.91 Å². The van der Waals surface area contributed by atoms with E-state index in [2.05, 4.69) is 4.98 Å². The van der Waals surface area contributed by atoms with Crippen molar-refractivity contribution in [2.24, 2.45) is 5.92 Å². The van der Waals surface area contributed by atoms with Crippen molar-refractivity contribution in [3.8, 4) is 0 Å². The summed E-state index contributed by atoms with van der Waals surface area (Å²) >= 11 is 11.6. The number of amides is 2. The Balaban J connectivity index is 2.26. The molecule has 1 unspecified atom stereocenters. The van der Waals surface area contributed by atoms with Gasteiger partial charge in [-0.25, -0.2) is 4.98 Å². The molecule has 2 amide bonds. The van der Waals surface area contributed by atoms with E-state index in [4.69, 9.17) is 23.2 Å². The zero-order chi connectivity index (χ0) is 13.3. The standard InChI is InChI=1S/C12H12Cl2N2O2/c1-2-7-5-10(17)16(6-7)12(18)11-8(13)3-4-9(14)15-11/h3-4,7H,2,5-6H2,1H3. The van der Waals surface area contributed by atoms with Gasteiger partial charge in [0.1, 0.15) is 10.8 Å². The second-order valence-corrected chi connectivity index (χ2v) is 5.05. The first-order chi connectivity index (χ1) is 8.52. The Morgan fingerprint density at radius 3 is 2.83 bits per heavy atom. The Morgan fingerprint density at radius 2 is 2.22 bits per heavy atom. The maximum Gasteiger partial charge on any atom is 0.280 e. The van der Waals surface area contributed by atoms with Gasteiger partial charge in [-0.05, 0) is 18.1 Å². The average molecular weight is 287 g/mol. The van der Waals surface area contributed by atoms with Gasteiger partial charge in [0.2, 0.25) is 5.91 Å². The Labute approximate surface area is 115 Å². The summed E-state index contributed by atoms with van der Waals surface area (Å²) < 4.78 is 0. The third-order valence-electron chi connectivity index (χ3n) is 3.04. The molecule has 0 aromatic carbocycles. The summed E-state index contributed by atoms with van der Waals surface area (Å²) in [5, 5.41) is 0.388. The van der Waals surface area contributed by atoms with Gasteiger partial charge in [0.15, 0.2) is 0 Å². The minimum Gasteiger partial charge on any atom is -0.277 e. The van der Waals surface area contributed by atoms with Crippen molar-refractivity contribution in [1.82, 2.24) is 9.88 Å². The quantitative estimate of drug-likeness (QED) is 0.620. The molecule has 2 rings (SSSR count). The van der Waals surface area contributed by atoms with Gasteiger partial charge in [-0.3, -0.25) is 14.5 Å². The summed E-state index contributed by atoms with van der Waals surface area (Å²) in [6, 6.07) is 3.00. The molecule has 4 nitrogen and oxygen atoms in total. The molecule has 0 bridgehead atoms. The van der Waals surface area contributed by atoms with Crippen molar-refractivity contribution in [2.75, 3.05) is 6.54 Å². The van der Waals surface area contributed by atoms with Crippen molar-refractivity contribution in [1.29, 1.82) is 0 Å².